The van der Waals surface area contributed by atoms with Crippen LogP contribution in [0.5, 0.6) is 11.8 Å². The molecule has 2 heterocycles. The number of carbonyl (C=O) groups is 2. The fraction of sp³-hybridized carbons (Fsp3) is 0. The Morgan fingerprint density at radius 3 is 2.00 bits per heavy atom. The van der Waals surface area contributed by atoms with Gasteiger partial charge in [-0.25, -0.2) is 9.97 Å². The SMILES string of the molecule is O=C(Nc1ccc(NC(=O)c2ccco2)cc1)c1cnc(Oc2ccccc2)nc1. The smallest absolute Gasteiger partial charge is 0.321 e. The number of furan rings is 1. The van der Waals surface area contributed by atoms with Crippen LogP contribution >= 0.6 is 0 Å². The molecule has 4 rings (SSSR count). The summed E-state index contributed by atoms with van der Waals surface area (Å²) in [5.41, 5.74) is 1.41. The van der Waals surface area contributed by atoms with Gasteiger partial charge >= 0.3 is 6.01 Å². The van der Waals surface area contributed by atoms with Gasteiger partial charge in [0.05, 0.1) is 11.8 Å². The average Bonchev–Trinajstić information content (AvgIpc) is 3.31. The van der Waals surface area contributed by atoms with Gasteiger partial charge in [0.1, 0.15) is 5.75 Å². The van der Waals surface area contributed by atoms with E-state index in [2.05, 4.69) is 20.6 Å². The third-order valence-corrected chi connectivity index (χ3v) is 3.99. The summed E-state index contributed by atoms with van der Waals surface area (Å²) >= 11 is 0. The Morgan fingerprint density at radius 1 is 0.767 bits per heavy atom. The molecule has 0 atom stereocenters. The molecule has 2 amide bonds. The Labute approximate surface area is 171 Å². The molecule has 2 N–H and O–H groups in total. The minimum absolute atomic E-state index is 0.148. The predicted molar refractivity (Wildman–Crippen MR) is 110 cm³/mol. The third kappa shape index (κ3) is 4.68. The number of hydrogen-bond donors (Lipinski definition) is 2. The standard InChI is InChI=1S/C22H16N4O4/c27-20(15-13-23-22(24-14-15)30-18-5-2-1-3-6-18)25-16-8-10-17(11-9-16)26-21(28)19-7-4-12-29-19/h1-14H,(H,25,27)(H,26,28). The van der Waals surface area contributed by atoms with Crippen molar-refractivity contribution < 1.29 is 18.7 Å². The maximum absolute atomic E-state index is 12.4. The van der Waals surface area contributed by atoms with E-state index >= 15 is 0 Å². The zero-order valence-electron chi connectivity index (χ0n) is 15.6. The van der Waals surface area contributed by atoms with Gasteiger partial charge in [0, 0.05) is 23.8 Å². The first-order chi connectivity index (χ1) is 14.7. The highest BCUT2D eigenvalue weighted by Gasteiger charge is 2.11. The van der Waals surface area contributed by atoms with Crippen LogP contribution in [-0.4, -0.2) is 21.8 Å². The molecule has 0 fully saturated rings. The summed E-state index contributed by atoms with van der Waals surface area (Å²) in [4.78, 5) is 32.5. The van der Waals surface area contributed by atoms with Crippen molar-refractivity contribution in [1.82, 2.24) is 9.97 Å². The molecule has 0 spiro atoms. The molecule has 0 unspecified atom stereocenters. The van der Waals surface area contributed by atoms with Gasteiger partial charge in [-0.15, -0.1) is 0 Å². The van der Waals surface area contributed by atoms with Crippen molar-refractivity contribution in [3.63, 3.8) is 0 Å². The third-order valence-electron chi connectivity index (χ3n) is 3.99. The van der Waals surface area contributed by atoms with Crippen LogP contribution in [0.3, 0.4) is 0 Å². The normalized spacial score (nSPS) is 10.3. The van der Waals surface area contributed by atoms with Crippen LogP contribution < -0.4 is 15.4 Å². The van der Waals surface area contributed by atoms with Crippen molar-refractivity contribution in [2.24, 2.45) is 0 Å². The highest BCUT2D eigenvalue weighted by Crippen LogP contribution is 2.18. The first-order valence-corrected chi connectivity index (χ1v) is 8.98. The highest BCUT2D eigenvalue weighted by molar-refractivity contribution is 6.04. The van der Waals surface area contributed by atoms with E-state index in [4.69, 9.17) is 9.15 Å². The lowest BCUT2D eigenvalue weighted by atomic mass is 10.2. The number of amides is 2. The van der Waals surface area contributed by atoms with Gasteiger partial charge in [-0.05, 0) is 48.5 Å². The summed E-state index contributed by atoms with van der Waals surface area (Å²) in [6, 6.07) is 19.2. The van der Waals surface area contributed by atoms with Crippen LogP contribution in [0.15, 0.2) is 89.8 Å². The number of anilines is 2. The van der Waals surface area contributed by atoms with Crippen LogP contribution in [-0.2, 0) is 0 Å². The van der Waals surface area contributed by atoms with Gasteiger partial charge in [0.15, 0.2) is 5.76 Å². The van der Waals surface area contributed by atoms with Gasteiger partial charge in [-0.3, -0.25) is 9.59 Å². The molecule has 8 nitrogen and oxygen atoms in total. The topological polar surface area (TPSA) is 106 Å². The summed E-state index contributed by atoms with van der Waals surface area (Å²) in [6.45, 7) is 0. The van der Waals surface area contributed by atoms with Gasteiger partial charge in [0.2, 0.25) is 0 Å². The molecule has 0 aliphatic heterocycles. The van der Waals surface area contributed by atoms with Crippen LogP contribution in [0, 0.1) is 0 Å². The van der Waals surface area contributed by atoms with Crippen LogP contribution in [0.4, 0.5) is 11.4 Å². The van der Waals surface area contributed by atoms with Gasteiger partial charge in [-0.2, -0.15) is 0 Å². The first kappa shape index (κ1) is 18.9. The Balaban J connectivity index is 1.34. The molecule has 0 bridgehead atoms. The molecule has 0 saturated carbocycles. The van der Waals surface area contributed by atoms with Gasteiger partial charge in [-0.1, -0.05) is 18.2 Å². The Kier molecular flexibility index (Phi) is 5.47. The second kappa shape index (κ2) is 8.70. The van der Waals surface area contributed by atoms with Gasteiger partial charge < -0.3 is 19.8 Å². The minimum atomic E-state index is -0.367. The van der Waals surface area contributed by atoms with Crippen molar-refractivity contribution in [1.29, 1.82) is 0 Å². The van der Waals surface area contributed by atoms with E-state index in [1.54, 1.807) is 48.5 Å². The lowest BCUT2D eigenvalue weighted by Gasteiger charge is -2.08. The lowest BCUT2D eigenvalue weighted by molar-refractivity contribution is 0.0994. The quantitative estimate of drug-likeness (QED) is 0.498. The first-order valence-electron chi connectivity index (χ1n) is 8.98. The van der Waals surface area contributed by atoms with E-state index in [0.717, 1.165) is 0 Å². The molecule has 4 aromatic rings. The van der Waals surface area contributed by atoms with Crippen molar-refractivity contribution in [2.45, 2.75) is 0 Å². The molecular formula is C22H16N4O4. The summed E-state index contributed by atoms with van der Waals surface area (Å²) in [5, 5.41) is 5.45. The monoisotopic (exact) mass is 400 g/mol. The van der Waals surface area contributed by atoms with E-state index < -0.39 is 0 Å². The molecule has 148 valence electrons. The second-order valence-corrected chi connectivity index (χ2v) is 6.13. The van der Waals surface area contributed by atoms with E-state index in [9.17, 15) is 9.59 Å². The number of para-hydroxylation sites is 1. The summed E-state index contributed by atoms with van der Waals surface area (Å²) in [5.74, 6) is 0.0985. The van der Waals surface area contributed by atoms with Crippen LogP contribution in [0.1, 0.15) is 20.9 Å². The maximum atomic E-state index is 12.4. The summed E-state index contributed by atoms with van der Waals surface area (Å²) in [6.07, 6.45) is 4.20. The number of benzene rings is 2. The molecule has 2 aromatic carbocycles. The summed E-state index contributed by atoms with van der Waals surface area (Å²) < 4.78 is 10.6. The Bertz CT molecular complexity index is 1130. The predicted octanol–water partition coefficient (Wildman–Crippen LogP) is 4.37. The van der Waals surface area contributed by atoms with Crippen LogP contribution in [0.2, 0.25) is 0 Å². The Hall–Kier alpha value is -4.46. The number of carbonyl (C=O) groups excluding carboxylic acids is 2. The molecule has 2 aromatic heterocycles. The van der Waals surface area contributed by atoms with E-state index in [1.807, 2.05) is 18.2 Å². The average molecular weight is 400 g/mol. The lowest BCUT2D eigenvalue weighted by Crippen LogP contribution is -2.13. The fourth-order valence-corrected chi connectivity index (χ4v) is 2.52. The molecule has 0 saturated heterocycles. The maximum Gasteiger partial charge on any atom is 0.321 e. The largest absolute Gasteiger partial charge is 0.459 e. The fourth-order valence-electron chi connectivity index (χ4n) is 2.52. The van der Waals surface area contributed by atoms with Crippen molar-refractivity contribution in [2.75, 3.05) is 10.6 Å². The molecule has 0 aliphatic carbocycles. The van der Waals surface area contributed by atoms with Crippen molar-refractivity contribution >= 4 is 23.2 Å². The zero-order valence-corrected chi connectivity index (χ0v) is 15.6. The number of hydrogen-bond acceptors (Lipinski definition) is 6. The number of ether oxygens (including phenoxy) is 1. The van der Waals surface area contributed by atoms with Crippen LogP contribution in [0.25, 0.3) is 0 Å². The number of nitrogens with zero attached hydrogens (tertiary/aromatic N) is 2. The van der Waals surface area contributed by atoms with Gasteiger partial charge in [0.25, 0.3) is 11.8 Å². The Morgan fingerprint density at radius 2 is 1.40 bits per heavy atom. The number of aromatic nitrogens is 2. The zero-order chi connectivity index (χ0) is 20.8. The number of nitrogens with one attached hydrogen (secondary N) is 2. The summed E-state index contributed by atoms with van der Waals surface area (Å²) in [7, 11) is 0. The molecule has 30 heavy (non-hydrogen) atoms. The molecular weight excluding hydrogens is 384 g/mol. The second-order valence-electron chi connectivity index (χ2n) is 6.13. The number of rotatable bonds is 6. The molecule has 0 aliphatic rings. The molecule has 8 heteroatoms. The van der Waals surface area contributed by atoms with E-state index in [-0.39, 0.29) is 29.1 Å². The molecule has 0 radical (unpaired) electrons. The minimum Gasteiger partial charge on any atom is -0.459 e. The van der Waals surface area contributed by atoms with E-state index in [1.165, 1.54) is 18.7 Å². The van der Waals surface area contributed by atoms with Crippen molar-refractivity contribution in [3.05, 3.63) is 96.7 Å². The van der Waals surface area contributed by atoms with E-state index in [0.29, 0.717) is 17.1 Å². The van der Waals surface area contributed by atoms with Crippen molar-refractivity contribution in [3.8, 4) is 11.8 Å². The highest BCUT2D eigenvalue weighted by atomic mass is 16.5.